The van der Waals surface area contributed by atoms with Crippen LogP contribution in [0.2, 0.25) is 0 Å². The number of carbonyl (C=O) groups excluding carboxylic acids is 2. The van der Waals surface area contributed by atoms with Crippen LogP contribution in [0.25, 0.3) is 5.69 Å². The van der Waals surface area contributed by atoms with E-state index in [-0.39, 0.29) is 18.8 Å². The van der Waals surface area contributed by atoms with Crippen LogP contribution in [0.1, 0.15) is 23.1 Å². The summed E-state index contributed by atoms with van der Waals surface area (Å²) in [5, 5.41) is 10.3. The van der Waals surface area contributed by atoms with Crippen molar-refractivity contribution >= 4 is 11.9 Å². The minimum atomic E-state index is -0.487. The molecule has 0 aliphatic carbocycles. The van der Waals surface area contributed by atoms with Crippen LogP contribution >= 0.6 is 0 Å². The minimum absolute atomic E-state index is 0.183. The summed E-state index contributed by atoms with van der Waals surface area (Å²) < 4.78 is 6.31. The van der Waals surface area contributed by atoms with Crippen molar-refractivity contribution in [2.24, 2.45) is 0 Å². The minimum Gasteiger partial charge on any atom is -0.465 e. The standard InChI is InChI=1S/C14H16N4O3/c1-3-21-12(19)9-15-14(20)13-10(2)18(17-16-13)11-7-5-4-6-8-11/h4-8H,3,9H2,1-2H3,(H,15,20). The smallest absolute Gasteiger partial charge is 0.325 e. The summed E-state index contributed by atoms with van der Waals surface area (Å²) in [5.74, 6) is -0.943. The van der Waals surface area contributed by atoms with Crippen molar-refractivity contribution in [3.8, 4) is 5.69 Å². The van der Waals surface area contributed by atoms with Crippen LogP contribution in [-0.4, -0.2) is 40.0 Å². The Balaban J connectivity index is 2.10. The number of nitrogens with one attached hydrogen (secondary N) is 1. The largest absolute Gasteiger partial charge is 0.465 e. The quantitative estimate of drug-likeness (QED) is 0.825. The van der Waals surface area contributed by atoms with E-state index in [4.69, 9.17) is 4.74 Å². The normalized spacial score (nSPS) is 10.2. The Hall–Kier alpha value is -2.70. The molecule has 1 heterocycles. The fourth-order valence-corrected chi connectivity index (χ4v) is 1.80. The first-order valence-electron chi connectivity index (χ1n) is 6.55. The van der Waals surface area contributed by atoms with Gasteiger partial charge < -0.3 is 10.1 Å². The molecule has 2 aromatic rings. The molecule has 0 saturated carbocycles. The number of nitrogens with zero attached hydrogens (tertiary/aromatic N) is 3. The van der Waals surface area contributed by atoms with Crippen LogP contribution in [0, 0.1) is 6.92 Å². The van der Waals surface area contributed by atoms with Crippen LogP contribution in [0.3, 0.4) is 0 Å². The highest BCUT2D eigenvalue weighted by molar-refractivity contribution is 5.95. The van der Waals surface area contributed by atoms with E-state index in [9.17, 15) is 9.59 Å². The molecule has 0 radical (unpaired) electrons. The summed E-state index contributed by atoms with van der Waals surface area (Å²) in [6, 6.07) is 9.36. The fourth-order valence-electron chi connectivity index (χ4n) is 1.80. The molecule has 1 amide bonds. The maximum absolute atomic E-state index is 12.0. The summed E-state index contributed by atoms with van der Waals surface area (Å²) in [6.45, 7) is 3.53. The van der Waals surface area contributed by atoms with Gasteiger partial charge in [-0.15, -0.1) is 5.10 Å². The van der Waals surface area contributed by atoms with Crippen molar-refractivity contribution in [1.82, 2.24) is 20.3 Å². The Bertz CT molecular complexity index is 637. The molecule has 0 bridgehead atoms. The monoisotopic (exact) mass is 288 g/mol. The molecule has 0 saturated heterocycles. The summed E-state index contributed by atoms with van der Waals surface area (Å²) in [6.07, 6.45) is 0. The maximum Gasteiger partial charge on any atom is 0.325 e. The lowest BCUT2D eigenvalue weighted by Crippen LogP contribution is -2.31. The van der Waals surface area contributed by atoms with Gasteiger partial charge in [-0.3, -0.25) is 9.59 Å². The number of esters is 1. The van der Waals surface area contributed by atoms with E-state index in [1.165, 1.54) is 0 Å². The van der Waals surface area contributed by atoms with Gasteiger partial charge in [-0.2, -0.15) is 0 Å². The van der Waals surface area contributed by atoms with Crippen LogP contribution in [0.5, 0.6) is 0 Å². The molecule has 0 aliphatic rings. The molecule has 1 aromatic heterocycles. The summed E-state index contributed by atoms with van der Waals surface area (Å²) in [7, 11) is 0. The lowest BCUT2D eigenvalue weighted by Gasteiger charge is -2.04. The number of ether oxygens (including phenoxy) is 1. The van der Waals surface area contributed by atoms with Gasteiger partial charge in [-0.05, 0) is 26.0 Å². The molecular formula is C14H16N4O3. The third-order valence-corrected chi connectivity index (χ3v) is 2.81. The second kappa shape index (κ2) is 6.65. The average Bonchev–Trinajstić information content (AvgIpc) is 2.88. The fraction of sp³-hybridized carbons (Fsp3) is 0.286. The lowest BCUT2D eigenvalue weighted by atomic mass is 10.3. The molecule has 0 spiro atoms. The number of amides is 1. The molecule has 7 heteroatoms. The zero-order valence-electron chi connectivity index (χ0n) is 11.9. The Morgan fingerprint density at radius 2 is 2.00 bits per heavy atom. The van der Waals surface area contributed by atoms with Crippen molar-refractivity contribution in [2.45, 2.75) is 13.8 Å². The first-order chi connectivity index (χ1) is 10.1. The number of benzene rings is 1. The van der Waals surface area contributed by atoms with E-state index in [0.717, 1.165) is 5.69 Å². The number of rotatable bonds is 5. The average molecular weight is 288 g/mol. The Labute approximate surface area is 121 Å². The van der Waals surface area contributed by atoms with Gasteiger partial charge in [0, 0.05) is 0 Å². The third kappa shape index (κ3) is 3.44. The molecule has 7 nitrogen and oxygen atoms in total. The maximum atomic E-state index is 12.0. The van der Waals surface area contributed by atoms with Crippen LogP contribution in [0.15, 0.2) is 30.3 Å². The summed E-state index contributed by atoms with van der Waals surface area (Å²) >= 11 is 0. The van der Waals surface area contributed by atoms with Gasteiger partial charge in [0.25, 0.3) is 5.91 Å². The second-order valence-electron chi connectivity index (χ2n) is 4.26. The predicted octanol–water partition coefficient (Wildman–Crippen LogP) is 0.869. The molecule has 21 heavy (non-hydrogen) atoms. The molecule has 0 fully saturated rings. The van der Waals surface area contributed by atoms with E-state index < -0.39 is 11.9 Å². The zero-order valence-corrected chi connectivity index (χ0v) is 11.9. The van der Waals surface area contributed by atoms with Gasteiger partial charge in [0.2, 0.25) is 0 Å². The number of carbonyl (C=O) groups is 2. The predicted molar refractivity (Wildman–Crippen MR) is 75.1 cm³/mol. The second-order valence-corrected chi connectivity index (χ2v) is 4.26. The molecular weight excluding hydrogens is 272 g/mol. The van der Waals surface area contributed by atoms with Gasteiger partial charge in [0.1, 0.15) is 6.54 Å². The highest BCUT2D eigenvalue weighted by Gasteiger charge is 2.17. The zero-order chi connectivity index (χ0) is 15.2. The van der Waals surface area contributed by atoms with Gasteiger partial charge >= 0.3 is 5.97 Å². The SMILES string of the molecule is CCOC(=O)CNC(=O)c1nnn(-c2ccccc2)c1C. The lowest BCUT2D eigenvalue weighted by molar-refractivity contribution is -0.141. The molecule has 110 valence electrons. The molecule has 0 atom stereocenters. The van der Waals surface area contributed by atoms with Gasteiger partial charge in [-0.1, -0.05) is 23.4 Å². The van der Waals surface area contributed by atoms with Crippen molar-refractivity contribution in [3.63, 3.8) is 0 Å². The van der Waals surface area contributed by atoms with Crippen LogP contribution in [-0.2, 0) is 9.53 Å². The van der Waals surface area contributed by atoms with E-state index >= 15 is 0 Å². The van der Waals surface area contributed by atoms with Gasteiger partial charge in [0.05, 0.1) is 18.0 Å². The van der Waals surface area contributed by atoms with Crippen molar-refractivity contribution < 1.29 is 14.3 Å². The molecule has 1 N–H and O–H groups in total. The van der Waals surface area contributed by atoms with Gasteiger partial charge in [0.15, 0.2) is 5.69 Å². The van der Waals surface area contributed by atoms with E-state index in [2.05, 4.69) is 15.6 Å². The summed E-state index contributed by atoms with van der Waals surface area (Å²) in [4.78, 5) is 23.2. The highest BCUT2D eigenvalue weighted by Crippen LogP contribution is 2.11. The Morgan fingerprint density at radius 3 is 2.67 bits per heavy atom. The number of para-hydroxylation sites is 1. The van der Waals surface area contributed by atoms with Gasteiger partial charge in [-0.25, -0.2) is 4.68 Å². The van der Waals surface area contributed by atoms with Crippen molar-refractivity contribution in [3.05, 3.63) is 41.7 Å². The van der Waals surface area contributed by atoms with Crippen LogP contribution < -0.4 is 5.32 Å². The van der Waals surface area contributed by atoms with E-state index in [1.54, 1.807) is 18.5 Å². The molecule has 2 rings (SSSR count). The third-order valence-electron chi connectivity index (χ3n) is 2.81. The van der Waals surface area contributed by atoms with Crippen molar-refractivity contribution in [1.29, 1.82) is 0 Å². The topological polar surface area (TPSA) is 86.1 Å². The highest BCUT2D eigenvalue weighted by atomic mass is 16.5. The summed E-state index contributed by atoms with van der Waals surface area (Å²) in [5.41, 5.74) is 1.60. The Kier molecular flexibility index (Phi) is 4.65. The van der Waals surface area contributed by atoms with Crippen molar-refractivity contribution in [2.75, 3.05) is 13.2 Å². The first-order valence-corrected chi connectivity index (χ1v) is 6.55. The van der Waals surface area contributed by atoms with E-state index in [1.807, 2.05) is 30.3 Å². The molecule has 1 aromatic carbocycles. The number of hydrogen-bond donors (Lipinski definition) is 1. The number of aromatic nitrogens is 3. The molecule has 0 unspecified atom stereocenters. The first kappa shape index (κ1) is 14.7. The Morgan fingerprint density at radius 1 is 1.29 bits per heavy atom. The van der Waals surface area contributed by atoms with E-state index in [0.29, 0.717) is 5.69 Å². The molecule has 0 aliphatic heterocycles. The van der Waals surface area contributed by atoms with Crippen LogP contribution in [0.4, 0.5) is 0 Å². The number of hydrogen-bond acceptors (Lipinski definition) is 5.